The molecule has 0 N–H and O–H groups in total. The van der Waals surface area contributed by atoms with E-state index in [0.717, 1.165) is 6.42 Å². The van der Waals surface area contributed by atoms with Crippen LogP contribution in [0.4, 0.5) is 4.79 Å². The Hall–Kier alpha value is -1.28. The summed E-state index contributed by atoms with van der Waals surface area (Å²) in [5.74, 6) is 0.292. The molecule has 2 aliphatic heterocycles. The molecule has 0 radical (unpaired) electrons. The largest absolute Gasteiger partial charge is 0.441 e. The number of nitriles is 1. The highest BCUT2D eigenvalue weighted by Crippen LogP contribution is 2.23. The van der Waals surface area contributed by atoms with Crippen LogP contribution in [-0.2, 0) is 9.47 Å². The van der Waals surface area contributed by atoms with Gasteiger partial charge >= 0.3 is 6.09 Å². The zero-order chi connectivity index (χ0) is 11.5. The highest BCUT2D eigenvalue weighted by molar-refractivity contribution is 5.68. The third-order valence-corrected chi connectivity index (χ3v) is 3.26. The predicted octanol–water partition coefficient (Wildman–Crippen LogP) is 1.00. The van der Waals surface area contributed by atoms with Gasteiger partial charge in [-0.3, -0.25) is 0 Å². The van der Waals surface area contributed by atoms with Gasteiger partial charge in [-0.15, -0.1) is 0 Å². The summed E-state index contributed by atoms with van der Waals surface area (Å²) in [6, 6.07) is 2.25. The zero-order valence-corrected chi connectivity index (χ0v) is 9.39. The molecule has 0 aromatic carbocycles. The van der Waals surface area contributed by atoms with Crippen molar-refractivity contribution in [2.75, 3.05) is 26.3 Å². The average Bonchev–Trinajstić information content (AvgIpc) is 2.24. The predicted molar refractivity (Wildman–Crippen MR) is 55.5 cm³/mol. The van der Waals surface area contributed by atoms with Crippen molar-refractivity contribution in [1.82, 2.24) is 4.90 Å². The van der Waals surface area contributed by atoms with Crippen molar-refractivity contribution in [3.05, 3.63) is 0 Å². The van der Waals surface area contributed by atoms with Crippen LogP contribution in [0.2, 0.25) is 0 Å². The summed E-state index contributed by atoms with van der Waals surface area (Å²) >= 11 is 0. The van der Waals surface area contributed by atoms with Crippen molar-refractivity contribution in [3.8, 4) is 6.07 Å². The Morgan fingerprint density at radius 2 is 2.31 bits per heavy atom. The van der Waals surface area contributed by atoms with E-state index >= 15 is 0 Å². The van der Waals surface area contributed by atoms with Crippen LogP contribution in [0, 0.1) is 23.2 Å². The molecule has 0 aromatic heterocycles. The maximum atomic E-state index is 11.7. The molecule has 5 nitrogen and oxygen atoms in total. The van der Waals surface area contributed by atoms with E-state index in [9.17, 15) is 4.79 Å². The highest BCUT2D eigenvalue weighted by atomic mass is 16.6. The lowest BCUT2D eigenvalue weighted by molar-refractivity contribution is -0.106. The first kappa shape index (κ1) is 11.2. The molecule has 0 bridgehead atoms. The summed E-state index contributed by atoms with van der Waals surface area (Å²) in [6.07, 6.45) is 0.474. The van der Waals surface area contributed by atoms with Crippen molar-refractivity contribution in [2.45, 2.75) is 19.4 Å². The smallest absolute Gasteiger partial charge is 0.410 e. The summed E-state index contributed by atoms with van der Waals surface area (Å²) < 4.78 is 10.1. The fourth-order valence-corrected chi connectivity index (χ4v) is 1.90. The molecule has 88 valence electrons. The molecule has 2 rings (SSSR count). The maximum Gasteiger partial charge on any atom is 0.410 e. The van der Waals surface area contributed by atoms with Crippen molar-refractivity contribution in [3.63, 3.8) is 0 Å². The van der Waals surface area contributed by atoms with Gasteiger partial charge in [0.05, 0.1) is 25.2 Å². The molecule has 2 saturated heterocycles. The van der Waals surface area contributed by atoms with Crippen molar-refractivity contribution in [2.24, 2.45) is 11.8 Å². The van der Waals surface area contributed by atoms with Crippen LogP contribution < -0.4 is 0 Å². The second-order valence-corrected chi connectivity index (χ2v) is 4.49. The van der Waals surface area contributed by atoms with Gasteiger partial charge in [-0.05, 0) is 12.3 Å². The lowest BCUT2D eigenvalue weighted by Gasteiger charge is -2.35. The molecule has 16 heavy (non-hydrogen) atoms. The maximum absolute atomic E-state index is 11.7. The van der Waals surface area contributed by atoms with E-state index in [0.29, 0.717) is 32.2 Å². The summed E-state index contributed by atoms with van der Waals surface area (Å²) in [5, 5.41) is 8.95. The molecule has 2 aliphatic rings. The third-order valence-electron chi connectivity index (χ3n) is 3.26. The Labute approximate surface area is 94.9 Å². The van der Waals surface area contributed by atoms with Crippen molar-refractivity contribution < 1.29 is 14.3 Å². The van der Waals surface area contributed by atoms with Gasteiger partial charge in [0, 0.05) is 13.1 Å². The Morgan fingerprint density at radius 1 is 1.56 bits per heavy atom. The van der Waals surface area contributed by atoms with Gasteiger partial charge in [0.15, 0.2) is 6.10 Å². The van der Waals surface area contributed by atoms with E-state index in [2.05, 4.69) is 13.0 Å². The minimum atomic E-state index is -0.305. The SMILES string of the molecule is CC1CCN(C(=O)OC2COC2)CC1C#N. The van der Waals surface area contributed by atoms with Gasteiger partial charge in [0.2, 0.25) is 0 Å². The number of piperidine rings is 1. The summed E-state index contributed by atoms with van der Waals surface area (Å²) in [6.45, 7) is 4.22. The Kier molecular flexibility index (Phi) is 3.30. The van der Waals surface area contributed by atoms with Gasteiger partial charge in [0.1, 0.15) is 0 Å². The number of carbonyl (C=O) groups excluding carboxylic acids is 1. The van der Waals surface area contributed by atoms with Crippen LogP contribution in [0.15, 0.2) is 0 Å². The second-order valence-electron chi connectivity index (χ2n) is 4.49. The molecule has 2 fully saturated rings. The van der Waals surface area contributed by atoms with E-state index in [-0.39, 0.29) is 18.1 Å². The second kappa shape index (κ2) is 4.71. The third kappa shape index (κ3) is 2.27. The first-order chi connectivity index (χ1) is 7.70. The van der Waals surface area contributed by atoms with E-state index in [4.69, 9.17) is 14.7 Å². The number of hydrogen-bond donors (Lipinski definition) is 0. The first-order valence-electron chi connectivity index (χ1n) is 5.63. The highest BCUT2D eigenvalue weighted by Gasteiger charge is 2.32. The number of likely N-dealkylation sites (tertiary alicyclic amines) is 1. The summed E-state index contributed by atoms with van der Waals surface area (Å²) in [7, 11) is 0. The first-order valence-corrected chi connectivity index (χ1v) is 5.63. The quantitative estimate of drug-likeness (QED) is 0.666. The molecule has 0 aromatic rings. The summed E-state index contributed by atoms with van der Waals surface area (Å²) in [5.41, 5.74) is 0. The van der Waals surface area contributed by atoms with Crippen LogP contribution in [0.1, 0.15) is 13.3 Å². The van der Waals surface area contributed by atoms with E-state index in [1.54, 1.807) is 4.90 Å². The normalized spacial score (nSPS) is 30.4. The van der Waals surface area contributed by atoms with Crippen LogP contribution in [-0.4, -0.2) is 43.4 Å². The number of amides is 1. The molecule has 2 atom stereocenters. The van der Waals surface area contributed by atoms with Crippen LogP contribution in [0.3, 0.4) is 0 Å². The average molecular weight is 224 g/mol. The number of rotatable bonds is 1. The van der Waals surface area contributed by atoms with E-state index in [1.807, 2.05) is 0 Å². The van der Waals surface area contributed by atoms with Crippen LogP contribution in [0.5, 0.6) is 0 Å². The Morgan fingerprint density at radius 3 is 2.88 bits per heavy atom. The van der Waals surface area contributed by atoms with Gasteiger partial charge in [-0.2, -0.15) is 5.26 Å². The number of carbonyl (C=O) groups is 1. The van der Waals surface area contributed by atoms with Crippen molar-refractivity contribution >= 4 is 6.09 Å². The van der Waals surface area contributed by atoms with Gasteiger partial charge < -0.3 is 14.4 Å². The molecule has 0 saturated carbocycles. The fourth-order valence-electron chi connectivity index (χ4n) is 1.90. The zero-order valence-electron chi connectivity index (χ0n) is 9.39. The Balaban J connectivity index is 1.84. The minimum absolute atomic E-state index is 0.0704. The van der Waals surface area contributed by atoms with E-state index in [1.165, 1.54) is 0 Å². The van der Waals surface area contributed by atoms with Crippen LogP contribution >= 0.6 is 0 Å². The van der Waals surface area contributed by atoms with Gasteiger partial charge in [-0.1, -0.05) is 6.92 Å². The van der Waals surface area contributed by atoms with E-state index < -0.39 is 0 Å². The lowest BCUT2D eigenvalue weighted by Crippen LogP contribution is -2.47. The topological polar surface area (TPSA) is 62.6 Å². The van der Waals surface area contributed by atoms with Gasteiger partial charge in [-0.25, -0.2) is 4.79 Å². The standard InChI is InChI=1S/C11H16N2O3/c1-8-2-3-13(5-9(8)4-12)11(14)16-10-6-15-7-10/h8-10H,2-3,5-7H2,1H3. The number of hydrogen-bond acceptors (Lipinski definition) is 4. The molecule has 0 spiro atoms. The Bertz CT molecular complexity index is 309. The summed E-state index contributed by atoms with van der Waals surface area (Å²) in [4.78, 5) is 13.3. The van der Waals surface area contributed by atoms with Crippen molar-refractivity contribution in [1.29, 1.82) is 5.26 Å². The molecule has 5 heteroatoms. The number of ether oxygens (including phenoxy) is 2. The molecule has 1 amide bonds. The lowest BCUT2D eigenvalue weighted by atomic mass is 9.88. The molecular formula is C11H16N2O3. The fraction of sp³-hybridized carbons (Fsp3) is 0.818. The van der Waals surface area contributed by atoms with Gasteiger partial charge in [0.25, 0.3) is 0 Å². The molecular weight excluding hydrogens is 208 g/mol. The number of nitrogens with zero attached hydrogens (tertiary/aromatic N) is 2. The molecule has 2 heterocycles. The molecule has 2 unspecified atom stereocenters. The minimum Gasteiger partial charge on any atom is -0.441 e. The molecule has 0 aliphatic carbocycles. The van der Waals surface area contributed by atoms with Crippen LogP contribution in [0.25, 0.3) is 0 Å². The monoisotopic (exact) mass is 224 g/mol.